The van der Waals surface area contributed by atoms with Gasteiger partial charge in [0.15, 0.2) is 6.29 Å². The first-order valence-electron chi connectivity index (χ1n) is 17.7. The van der Waals surface area contributed by atoms with E-state index >= 15 is 0 Å². The number of hydrogen-bond donors (Lipinski definition) is 4. The zero-order valence-electron chi connectivity index (χ0n) is 30.1. The maximum Gasteiger partial charge on any atom is 0.293 e. The third-order valence-electron chi connectivity index (χ3n) is 9.20. The molecule has 1 aliphatic rings. The lowest BCUT2D eigenvalue weighted by Gasteiger charge is -2.39. The second-order valence-corrected chi connectivity index (χ2v) is 21.2. The SMILES string of the molecule is CCCCCC[P+](CCCCCC)(CCCO[C@H]1OC(CO)[C@@H](O)[C@H](O)C1O)Cc1ccc(C(CC(C)(C)OC=O)SC(=S)SC)cc1.[Cl-]. The highest BCUT2D eigenvalue weighted by Crippen LogP contribution is 2.63. The molecule has 3 unspecified atom stereocenters. The second-order valence-electron chi connectivity index (χ2n) is 13.7. The maximum absolute atomic E-state index is 11.1. The molecule has 8 nitrogen and oxygen atoms in total. The number of thiocarbonyl (C=S) groups is 1. The van der Waals surface area contributed by atoms with Gasteiger partial charge in [0.1, 0.15) is 33.5 Å². The van der Waals surface area contributed by atoms with Crippen LogP contribution in [0, 0.1) is 0 Å². The average Bonchev–Trinajstić information content (AvgIpc) is 3.06. The van der Waals surface area contributed by atoms with Gasteiger partial charge >= 0.3 is 0 Å². The molecule has 0 spiro atoms. The summed E-state index contributed by atoms with van der Waals surface area (Å²) in [6, 6.07) is 8.99. The minimum absolute atomic E-state index is 0. The standard InChI is InChI=1S/C36H62O8PS3.ClH/c1-6-8-10-12-20-45(21-13-11-9-7-2,22-14-19-42-34-33(41)32(40)31(39)29(24-37)44-34)25-27-15-17-28(18-16-27)30(48-35(46)47-5)23-36(3,4)43-26-38;/h15-18,26,29-34,37,39-41H,6-14,19-25H2,1-5H3;1H/q+1;/p-1/t29?,30?,31-,32+,33?,34+;/m1./s1. The Kier molecular flexibility index (Phi) is 24.0. The summed E-state index contributed by atoms with van der Waals surface area (Å²) < 4.78 is 17.8. The Bertz CT molecular complexity index is 1040. The van der Waals surface area contributed by atoms with Gasteiger partial charge in [0.05, 0.1) is 37.9 Å². The van der Waals surface area contributed by atoms with Crippen molar-refractivity contribution < 1.29 is 51.8 Å². The first-order valence-corrected chi connectivity index (χ1v) is 22.7. The van der Waals surface area contributed by atoms with E-state index in [2.05, 4.69) is 38.1 Å². The minimum Gasteiger partial charge on any atom is -1.00 e. The molecule has 49 heavy (non-hydrogen) atoms. The highest BCUT2D eigenvalue weighted by Gasteiger charge is 2.44. The number of carbonyl (C=O) groups is 1. The fraction of sp³-hybridized carbons (Fsp3) is 0.778. The second kappa shape index (κ2) is 25.1. The van der Waals surface area contributed by atoms with Gasteiger partial charge in [-0.25, -0.2) is 0 Å². The lowest BCUT2D eigenvalue weighted by Crippen LogP contribution is -3.00. The number of aliphatic hydroxyl groups is 4. The molecule has 6 atom stereocenters. The van der Waals surface area contributed by atoms with E-state index < -0.39 is 50.2 Å². The molecule has 1 aromatic carbocycles. The number of benzene rings is 1. The number of thioether (sulfide) groups is 2. The number of unbranched alkanes of at least 4 members (excludes halogenated alkanes) is 6. The summed E-state index contributed by atoms with van der Waals surface area (Å²) in [5, 5.41) is 40.4. The van der Waals surface area contributed by atoms with Crippen LogP contribution in [0.4, 0.5) is 0 Å². The van der Waals surface area contributed by atoms with Crippen LogP contribution in [-0.4, -0.2) is 105 Å². The fourth-order valence-electron chi connectivity index (χ4n) is 6.37. The van der Waals surface area contributed by atoms with Crippen molar-refractivity contribution in [2.45, 2.75) is 140 Å². The maximum atomic E-state index is 11.1. The summed E-state index contributed by atoms with van der Waals surface area (Å²) in [6.07, 6.45) is 11.5. The van der Waals surface area contributed by atoms with E-state index in [1.54, 1.807) is 23.5 Å². The predicted molar refractivity (Wildman–Crippen MR) is 207 cm³/mol. The molecule has 1 aromatic rings. The van der Waals surface area contributed by atoms with Crippen LogP contribution in [0.3, 0.4) is 0 Å². The molecule has 4 N–H and O–H groups in total. The predicted octanol–water partition coefficient (Wildman–Crippen LogP) is 4.34. The number of carbonyl (C=O) groups excluding carboxylic acids is 1. The van der Waals surface area contributed by atoms with Gasteiger partial charge in [-0.05, 0) is 56.9 Å². The van der Waals surface area contributed by atoms with Crippen molar-refractivity contribution in [2.24, 2.45) is 0 Å². The van der Waals surface area contributed by atoms with Gasteiger partial charge in [0, 0.05) is 25.4 Å². The monoisotopic (exact) mass is 784 g/mol. The molecule has 0 amide bonds. The summed E-state index contributed by atoms with van der Waals surface area (Å²) in [7, 11) is -1.43. The Morgan fingerprint density at radius 1 is 0.959 bits per heavy atom. The molecule has 0 saturated carbocycles. The van der Waals surface area contributed by atoms with Crippen molar-refractivity contribution >= 4 is 53.0 Å². The van der Waals surface area contributed by atoms with Crippen molar-refractivity contribution in [3.8, 4) is 0 Å². The molecule has 1 saturated heterocycles. The van der Waals surface area contributed by atoms with Gasteiger partial charge in [-0.2, -0.15) is 0 Å². The van der Waals surface area contributed by atoms with Crippen LogP contribution in [0.15, 0.2) is 24.3 Å². The molecule has 0 aromatic heterocycles. The fourth-order valence-corrected chi connectivity index (χ4v) is 13.2. The first kappa shape index (κ1) is 47.0. The van der Waals surface area contributed by atoms with E-state index in [1.165, 1.54) is 74.8 Å². The number of aliphatic hydroxyl groups excluding tert-OH is 4. The quantitative estimate of drug-likeness (QED) is 0.0518. The zero-order valence-corrected chi connectivity index (χ0v) is 34.2. The van der Waals surface area contributed by atoms with E-state index in [1.807, 2.05) is 20.1 Å². The lowest BCUT2D eigenvalue weighted by molar-refractivity contribution is -0.300. The zero-order chi connectivity index (χ0) is 35.6. The molecule has 0 bridgehead atoms. The molecular weight excluding hydrogens is 723 g/mol. The van der Waals surface area contributed by atoms with Gasteiger partial charge < -0.3 is 47.0 Å². The van der Waals surface area contributed by atoms with Crippen molar-refractivity contribution in [1.82, 2.24) is 0 Å². The normalized spacial score (nSPS) is 21.9. The van der Waals surface area contributed by atoms with E-state index in [-0.39, 0.29) is 17.7 Å². The Morgan fingerprint density at radius 2 is 1.55 bits per heavy atom. The molecule has 0 radical (unpaired) electrons. The van der Waals surface area contributed by atoms with Crippen LogP contribution in [0.5, 0.6) is 0 Å². The third-order valence-corrected chi connectivity index (χ3v) is 16.9. The molecule has 13 heteroatoms. The Morgan fingerprint density at radius 3 is 2.08 bits per heavy atom. The van der Waals surface area contributed by atoms with Gasteiger partial charge in [-0.15, -0.1) is 11.8 Å². The molecule has 1 heterocycles. The van der Waals surface area contributed by atoms with Gasteiger partial charge in [-0.1, -0.05) is 87.8 Å². The number of rotatable bonds is 24. The summed E-state index contributed by atoms with van der Waals surface area (Å²) in [5.41, 5.74) is 1.90. The number of ether oxygens (including phenoxy) is 3. The van der Waals surface area contributed by atoms with Gasteiger partial charge in [0.25, 0.3) is 6.47 Å². The van der Waals surface area contributed by atoms with E-state index in [9.17, 15) is 25.2 Å². The average molecular weight is 786 g/mol. The van der Waals surface area contributed by atoms with Crippen molar-refractivity contribution in [1.29, 1.82) is 0 Å². The molecule has 0 aliphatic carbocycles. The van der Waals surface area contributed by atoms with E-state index in [0.717, 1.165) is 22.3 Å². The third kappa shape index (κ3) is 16.7. The highest BCUT2D eigenvalue weighted by atomic mass is 35.5. The number of halogens is 1. The van der Waals surface area contributed by atoms with Crippen LogP contribution in [0.25, 0.3) is 0 Å². The summed E-state index contributed by atoms with van der Waals surface area (Å²) in [4.78, 5) is 11.1. The lowest BCUT2D eigenvalue weighted by atomic mass is 9.97. The van der Waals surface area contributed by atoms with Gasteiger partial charge in [-0.3, -0.25) is 4.79 Å². The summed E-state index contributed by atoms with van der Waals surface area (Å²) in [5.74, 6) is 0. The molecule has 1 fully saturated rings. The van der Waals surface area contributed by atoms with Crippen LogP contribution in [-0.2, 0) is 25.2 Å². The molecule has 1 aliphatic heterocycles. The van der Waals surface area contributed by atoms with Crippen LogP contribution < -0.4 is 12.4 Å². The Hall–Kier alpha value is -0.0400. The summed E-state index contributed by atoms with van der Waals surface area (Å²) >= 11 is 8.79. The topological polar surface area (TPSA) is 126 Å². The minimum atomic E-state index is -1.44. The summed E-state index contributed by atoms with van der Waals surface area (Å²) in [6.45, 7) is 8.77. The van der Waals surface area contributed by atoms with Crippen molar-refractivity contribution in [2.75, 3.05) is 38.0 Å². The van der Waals surface area contributed by atoms with E-state index in [0.29, 0.717) is 19.5 Å². The van der Waals surface area contributed by atoms with Gasteiger partial charge in [0.2, 0.25) is 0 Å². The Balaban J connectivity index is 0.0000120. The van der Waals surface area contributed by atoms with E-state index in [4.69, 9.17) is 26.4 Å². The molecule has 2 rings (SSSR count). The Labute approximate surface area is 316 Å². The largest absolute Gasteiger partial charge is 1.00 e. The van der Waals surface area contributed by atoms with Crippen LogP contribution in [0.1, 0.15) is 108 Å². The highest BCUT2D eigenvalue weighted by molar-refractivity contribution is 8.47. The van der Waals surface area contributed by atoms with Crippen molar-refractivity contribution in [3.63, 3.8) is 0 Å². The molecule has 284 valence electrons. The van der Waals surface area contributed by atoms with Crippen molar-refractivity contribution in [3.05, 3.63) is 35.4 Å². The molecular formula is C36H62ClO8PS3. The smallest absolute Gasteiger partial charge is 0.293 e. The van der Waals surface area contributed by atoms with Crippen LogP contribution in [0.2, 0.25) is 0 Å². The number of hydrogen-bond acceptors (Lipinski definition) is 11. The van der Waals surface area contributed by atoms with Crippen LogP contribution >= 0.6 is 43.0 Å². The first-order chi connectivity index (χ1) is 22.9.